The zero-order chi connectivity index (χ0) is 14.9. The molecule has 20 heavy (non-hydrogen) atoms. The molecule has 0 fully saturated rings. The molecule has 0 radical (unpaired) electrons. The molecule has 0 unspecified atom stereocenters. The van der Waals surface area contributed by atoms with Gasteiger partial charge in [0.25, 0.3) is 0 Å². The lowest BCUT2D eigenvalue weighted by Crippen LogP contribution is -1.98. The van der Waals surface area contributed by atoms with Crippen molar-refractivity contribution in [2.45, 2.75) is 58.5 Å². The van der Waals surface area contributed by atoms with E-state index in [-0.39, 0.29) is 6.10 Å². The summed E-state index contributed by atoms with van der Waals surface area (Å²) in [6.45, 7) is 4.29. The quantitative estimate of drug-likeness (QED) is 0.389. The minimum Gasteiger partial charge on any atom is -0.389 e. The highest BCUT2D eigenvalue weighted by atomic mass is 16.3. The van der Waals surface area contributed by atoms with E-state index in [4.69, 9.17) is 0 Å². The van der Waals surface area contributed by atoms with Crippen LogP contribution in [-0.4, -0.2) is 11.2 Å². The van der Waals surface area contributed by atoms with E-state index in [1.807, 2.05) is 18.2 Å². The number of hydrogen-bond donors (Lipinski definition) is 1. The number of hydrogen-bond acceptors (Lipinski definition) is 1. The summed E-state index contributed by atoms with van der Waals surface area (Å²) in [7, 11) is 0. The van der Waals surface area contributed by atoms with Crippen molar-refractivity contribution in [2.75, 3.05) is 0 Å². The molecule has 0 aliphatic rings. The molecule has 0 aromatic carbocycles. The van der Waals surface area contributed by atoms with Crippen LogP contribution in [0.25, 0.3) is 0 Å². The van der Waals surface area contributed by atoms with Crippen LogP contribution in [0.4, 0.5) is 0 Å². The van der Waals surface area contributed by atoms with Gasteiger partial charge in [-0.1, -0.05) is 81.0 Å². The van der Waals surface area contributed by atoms with Gasteiger partial charge in [-0.2, -0.15) is 0 Å². The number of rotatable bonds is 11. The number of unbranched alkanes of at least 4 members (excludes halogenated alkanes) is 1. The Morgan fingerprint density at radius 1 is 0.800 bits per heavy atom. The van der Waals surface area contributed by atoms with Crippen LogP contribution in [0.5, 0.6) is 0 Å². The first kappa shape index (κ1) is 18.7. The molecule has 0 spiro atoms. The van der Waals surface area contributed by atoms with Gasteiger partial charge in [0.05, 0.1) is 6.10 Å². The van der Waals surface area contributed by atoms with Crippen LogP contribution in [0.2, 0.25) is 0 Å². The number of aliphatic hydroxyl groups excluding tert-OH is 1. The van der Waals surface area contributed by atoms with E-state index in [2.05, 4.69) is 56.4 Å². The Hall–Kier alpha value is -1.34. The molecule has 1 nitrogen and oxygen atoms in total. The summed E-state index contributed by atoms with van der Waals surface area (Å²) in [4.78, 5) is 0. The van der Waals surface area contributed by atoms with Crippen molar-refractivity contribution >= 4 is 0 Å². The van der Waals surface area contributed by atoms with Gasteiger partial charge in [0, 0.05) is 0 Å². The highest BCUT2D eigenvalue weighted by molar-refractivity contribution is 5.08. The Labute approximate surface area is 125 Å². The zero-order valence-corrected chi connectivity index (χ0v) is 13.0. The molecule has 0 aliphatic heterocycles. The smallest absolute Gasteiger partial charge is 0.0758 e. The Kier molecular flexibility index (Phi) is 14.7. The molecular formula is C19H30O. The molecule has 0 saturated heterocycles. The maximum absolute atomic E-state index is 9.68. The van der Waals surface area contributed by atoms with E-state index < -0.39 is 0 Å². The molecular weight excluding hydrogens is 244 g/mol. The fourth-order valence-corrected chi connectivity index (χ4v) is 1.56. The van der Waals surface area contributed by atoms with E-state index in [0.717, 1.165) is 32.1 Å². The lowest BCUT2D eigenvalue weighted by molar-refractivity contribution is 0.227. The molecule has 0 bridgehead atoms. The van der Waals surface area contributed by atoms with E-state index in [1.54, 1.807) is 0 Å². The average molecular weight is 274 g/mol. The lowest BCUT2D eigenvalue weighted by atomic mass is 10.2. The summed E-state index contributed by atoms with van der Waals surface area (Å²) in [5.41, 5.74) is 0. The van der Waals surface area contributed by atoms with Crippen molar-refractivity contribution in [2.24, 2.45) is 0 Å². The molecule has 0 saturated carbocycles. The summed E-state index contributed by atoms with van der Waals surface area (Å²) in [6, 6.07) is 0. The van der Waals surface area contributed by atoms with Gasteiger partial charge in [0.15, 0.2) is 0 Å². The molecule has 112 valence electrons. The minimum atomic E-state index is -0.373. The molecule has 0 aromatic heterocycles. The van der Waals surface area contributed by atoms with Crippen LogP contribution < -0.4 is 0 Å². The first-order valence-corrected chi connectivity index (χ1v) is 7.77. The maximum Gasteiger partial charge on any atom is 0.0758 e. The van der Waals surface area contributed by atoms with Crippen molar-refractivity contribution in [1.82, 2.24) is 0 Å². The summed E-state index contributed by atoms with van der Waals surface area (Å²) in [5.74, 6) is 0. The second-order valence-corrected chi connectivity index (χ2v) is 4.70. The molecule has 0 aromatic rings. The summed E-state index contributed by atoms with van der Waals surface area (Å²) in [6.07, 6.45) is 26.4. The van der Waals surface area contributed by atoms with Crippen LogP contribution in [0, 0.1) is 0 Å². The highest BCUT2D eigenvalue weighted by Crippen LogP contribution is 1.98. The first-order chi connectivity index (χ1) is 9.81. The van der Waals surface area contributed by atoms with Gasteiger partial charge >= 0.3 is 0 Å². The molecule has 1 N–H and O–H groups in total. The van der Waals surface area contributed by atoms with Crippen LogP contribution in [0.15, 0.2) is 60.8 Å². The van der Waals surface area contributed by atoms with Gasteiger partial charge < -0.3 is 5.11 Å². The monoisotopic (exact) mass is 274 g/mol. The van der Waals surface area contributed by atoms with Crippen LogP contribution in [0.3, 0.4) is 0 Å². The Bertz CT molecular complexity index is 332. The maximum atomic E-state index is 9.68. The average Bonchev–Trinajstić information content (AvgIpc) is 2.45. The van der Waals surface area contributed by atoms with Crippen molar-refractivity contribution in [3.05, 3.63) is 60.8 Å². The normalized spacial score (nSPS) is 14.8. The summed E-state index contributed by atoms with van der Waals surface area (Å²) in [5, 5.41) is 9.68. The Balaban J connectivity index is 3.66. The fourth-order valence-electron chi connectivity index (χ4n) is 1.56. The van der Waals surface area contributed by atoms with Gasteiger partial charge in [0.2, 0.25) is 0 Å². The van der Waals surface area contributed by atoms with Crippen molar-refractivity contribution in [1.29, 1.82) is 0 Å². The predicted molar refractivity (Wildman–Crippen MR) is 90.8 cm³/mol. The van der Waals surface area contributed by atoms with E-state index in [9.17, 15) is 5.11 Å². The Morgan fingerprint density at radius 2 is 1.50 bits per heavy atom. The van der Waals surface area contributed by atoms with Gasteiger partial charge in [-0.15, -0.1) is 0 Å². The Morgan fingerprint density at radius 3 is 2.20 bits per heavy atom. The molecule has 0 amide bonds. The predicted octanol–water partition coefficient (Wildman–Crippen LogP) is 5.51. The van der Waals surface area contributed by atoms with E-state index >= 15 is 0 Å². The second-order valence-electron chi connectivity index (χ2n) is 4.70. The summed E-state index contributed by atoms with van der Waals surface area (Å²) < 4.78 is 0. The van der Waals surface area contributed by atoms with E-state index in [0.29, 0.717) is 6.42 Å². The number of allylic oxidation sites excluding steroid dienone is 8. The van der Waals surface area contributed by atoms with Crippen LogP contribution in [0.1, 0.15) is 52.4 Å². The minimum absolute atomic E-state index is 0.373. The van der Waals surface area contributed by atoms with E-state index in [1.165, 1.54) is 0 Å². The third-order valence-electron chi connectivity index (χ3n) is 2.69. The topological polar surface area (TPSA) is 20.2 Å². The third kappa shape index (κ3) is 14.7. The fraction of sp³-hybridized carbons (Fsp3) is 0.474. The van der Waals surface area contributed by atoms with Crippen molar-refractivity contribution in [3.63, 3.8) is 0 Å². The largest absolute Gasteiger partial charge is 0.389 e. The van der Waals surface area contributed by atoms with Gasteiger partial charge in [-0.3, -0.25) is 0 Å². The molecule has 0 heterocycles. The van der Waals surface area contributed by atoms with Gasteiger partial charge in [0.1, 0.15) is 0 Å². The van der Waals surface area contributed by atoms with Crippen molar-refractivity contribution in [3.8, 4) is 0 Å². The summed E-state index contributed by atoms with van der Waals surface area (Å²) >= 11 is 0. The molecule has 0 aliphatic carbocycles. The standard InChI is InChI=1S/C19H30O/c1-3-5-7-9-10-11-12-13-14-16-18-19(20)17-15-8-6-4-2/h5,7-8,10-11,13-16,18-20H,3-4,6,9,12,17H2,1-2H3/t19-/m0/s1. The number of aliphatic hydroxyl groups is 1. The van der Waals surface area contributed by atoms with Gasteiger partial charge in [-0.25, -0.2) is 0 Å². The van der Waals surface area contributed by atoms with Crippen molar-refractivity contribution < 1.29 is 5.11 Å². The zero-order valence-electron chi connectivity index (χ0n) is 13.0. The highest BCUT2D eigenvalue weighted by Gasteiger charge is 1.92. The van der Waals surface area contributed by atoms with Crippen LogP contribution in [-0.2, 0) is 0 Å². The molecule has 1 atom stereocenters. The first-order valence-electron chi connectivity index (χ1n) is 7.77. The van der Waals surface area contributed by atoms with Crippen LogP contribution >= 0.6 is 0 Å². The molecule has 1 heteroatoms. The molecule has 0 rings (SSSR count). The lowest BCUT2D eigenvalue weighted by Gasteiger charge is -1.98. The van der Waals surface area contributed by atoms with Gasteiger partial charge in [-0.05, 0) is 32.1 Å². The SMILES string of the molecule is CCC=CCC=CCC=CC=C[C@@H](O)CC=CCCC. The third-order valence-corrected chi connectivity index (χ3v) is 2.69. The second kappa shape index (κ2) is 15.7.